The molecule has 2 rings (SSSR count). The Kier molecular flexibility index (Phi) is 2.94. The minimum absolute atomic E-state index is 0.0443. The molecule has 1 heterocycles. The number of carbonyl (C=O) groups is 1. The summed E-state index contributed by atoms with van der Waals surface area (Å²) in [6, 6.07) is 4.13. The van der Waals surface area contributed by atoms with E-state index in [0.29, 0.717) is 10.2 Å². The summed E-state index contributed by atoms with van der Waals surface area (Å²) in [5, 5.41) is 10.8. The molecular formula is C8H5ClN2O4S2. The van der Waals surface area contributed by atoms with Crippen LogP contribution in [0.2, 0.25) is 0 Å². The van der Waals surface area contributed by atoms with Crippen molar-refractivity contribution in [3.05, 3.63) is 18.2 Å². The Balaban J connectivity index is 2.52. The van der Waals surface area contributed by atoms with E-state index in [4.69, 9.17) is 15.8 Å². The molecule has 0 spiro atoms. The molecule has 9 heteroatoms. The van der Waals surface area contributed by atoms with Gasteiger partial charge in [-0.25, -0.2) is 18.2 Å². The van der Waals surface area contributed by atoms with Crippen LogP contribution in [-0.2, 0) is 9.05 Å². The second-order valence-corrected chi connectivity index (χ2v) is 6.61. The van der Waals surface area contributed by atoms with Gasteiger partial charge in [0.2, 0.25) is 0 Å². The molecule has 1 amide bonds. The number of hydrogen-bond acceptors (Lipinski definition) is 5. The van der Waals surface area contributed by atoms with Gasteiger partial charge in [0.25, 0.3) is 9.05 Å². The van der Waals surface area contributed by atoms with E-state index in [1.165, 1.54) is 18.2 Å². The first-order valence-corrected chi connectivity index (χ1v) is 7.34. The highest BCUT2D eigenvalue weighted by Gasteiger charge is 2.13. The van der Waals surface area contributed by atoms with Crippen LogP contribution in [-0.4, -0.2) is 24.6 Å². The Morgan fingerprint density at radius 3 is 2.76 bits per heavy atom. The maximum Gasteiger partial charge on any atom is 0.410 e. The van der Waals surface area contributed by atoms with Crippen molar-refractivity contribution >= 4 is 52.5 Å². The predicted octanol–water partition coefficient (Wildman–Crippen LogP) is 2.31. The normalized spacial score (nSPS) is 11.6. The number of anilines is 1. The van der Waals surface area contributed by atoms with Crippen LogP contribution in [0.25, 0.3) is 10.2 Å². The summed E-state index contributed by atoms with van der Waals surface area (Å²) in [6.45, 7) is 0. The second kappa shape index (κ2) is 4.13. The molecule has 0 bridgehead atoms. The van der Waals surface area contributed by atoms with E-state index in [1.807, 2.05) is 0 Å². The highest BCUT2D eigenvalue weighted by atomic mass is 35.7. The summed E-state index contributed by atoms with van der Waals surface area (Å²) < 4.78 is 22.7. The first-order chi connectivity index (χ1) is 7.86. The van der Waals surface area contributed by atoms with Crippen LogP contribution in [0.15, 0.2) is 23.1 Å². The largest absolute Gasteiger partial charge is 0.465 e. The van der Waals surface area contributed by atoms with E-state index in [-0.39, 0.29) is 10.0 Å². The standard InChI is InChI=1S/C8H5ClN2O4S2/c9-17(14,15)4-1-2-5-6(3-4)16-7(10-5)11-8(12)13/h1-3H,(H,10,11)(H,12,13). The van der Waals surface area contributed by atoms with Gasteiger partial charge >= 0.3 is 6.09 Å². The summed E-state index contributed by atoms with van der Waals surface area (Å²) in [6.07, 6.45) is -1.23. The molecule has 0 aliphatic rings. The zero-order valence-corrected chi connectivity index (χ0v) is 10.4. The number of aromatic nitrogens is 1. The van der Waals surface area contributed by atoms with E-state index in [2.05, 4.69) is 10.3 Å². The van der Waals surface area contributed by atoms with Crippen molar-refractivity contribution in [2.45, 2.75) is 4.90 Å². The van der Waals surface area contributed by atoms with Crippen molar-refractivity contribution in [1.82, 2.24) is 4.98 Å². The molecule has 0 saturated heterocycles. The van der Waals surface area contributed by atoms with E-state index in [9.17, 15) is 13.2 Å². The molecule has 0 aliphatic carbocycles. The number of halogens is 1. The lowest BCUT2D eigenvalue weighted by molar-refractivity contribution is 0.209. The van der Waals surface area contributed by atoms with Crippen molar-refractivity contribution in [2.24, 2.45) is 0 Å². The van der Waals surface area contributed by atoms with Gasteiger partial charge in [0.1, 0.15) is 0 Å². The molecule has 1 aromatic carbocycles. The van der Waals surface area contributed by atoms with Gasteiger partial charge in [0.05, 0.1) is 15.1 Å². The third kappa shape index (κ3) is 2.65. The van der Waals surface area contributed by atoms with Crippen molar-refractivity contribution < 1.29 is 18.3 Å². The number of nitrogens with one attached hydrogen (secondary N) is 1. The minimum atomic E-state index is -3.79. The van der Waals surface area contributed by atoms with Gasteiger partial charge < -0.3 is 5.11 Å². The van der Waals surface area contributed by atoms with Gasteiger partial charge in [-0.3, -0.25) is 5.32 Å². The van der Waals surface area contributed by atoms with Crippen molar-refractivity contribution in [3.63, 3.8) is 0 Å². The second-order valence-electron chi connectivity index (χ2n) is 3.02. The topological polar surface area (TPSA) is 96.4 Å². The smallest absolute Gasteiger partial charge is 0.410 e. The Hall–Kier alpha value is -1.38. The van der Waals surface area contributed by atoms with Crippen LogP contribution in [0, 0.1) is 0 Å². The van der Waals surface area contributed by atoms with Crippen LogP contribution in [0.1, 0.15) is 0 Å². The number of amides is 1. The lowest BCUT2D eigenvalue weighted by Crippen LogP contribution is -2.06. The fraction of sp³-hybridized carbons (Fsp3) is 0. The number of fused-ring (bicyclic) bond motifs is 1. The number of nitrogens with zero attached hydrogens (tertiary/aromatic N) is 1. The van der Waals surface area contributed by atoms with Gasteiger partial charge in [-0.1, -0.05) is 11.3 Å². The van der Waals surface area contributed by atoms with Gasteiger partial charge in [-0.15, -0.1) is 0 Å². The number of benzene rings is 1. The summed E-state index contributed by atoms with van der Waals surface area (Å²) in [7, 11) is 1.40. The highest BCUT2D eigenvalue weighted by molar-refractivity contribution is 8.13. The van der Waals surface area contributed by atoms with E-state index in [0.717, 1.165) is 11.3 Å². The summed E-state index contributed by atoms with van der Waals surface area (Å²) in [4.78, 5) is 14.3. The molecule has 0 fully saturated rings. The average Bonchev–Trinajstić information content (AvgIpc) is 2.55. The van der Waals surface area contributed by atoms with Crippen molar-refractivity contribution in [3.8, 4) is 0 Å². The third-order valence-corrected chi connectivity index (χ3v) is 4.14. The average molecular weight is 293 g/mol. The number of carboxylic acid groups (broad SMARTS) is 1. The van der Waals surface area contributed by atoms with Crippen LogP contribution in [0.3, 0.4) is 0 Å². The molecular weight excluding hydrogens is 288 g/mol. The molecule has 2 N–H and O–H groups in total. The molecule has 0 radical (unpaired) electrons. The quantitative estimate of drug-likeness (QED) is 0.828. The molecule has 0 aliphatic heterocycles. The number of thiazole rings is 1. The molecule has 6 nitrogen and oxygen atoms in total. The van der Waals surface area contributed by atoms with Crippen LogP contribution < -0.4 is 5.32 Å². The van der Waals surface area contributed by atoms with Crippen LogP contribution in [0.5, 0.6) is 0 Å². The summed E-state index contributed by atoms with van der Waals surface area (Å²) in [5.74, 6) is 0. The summed E-state index contributed by atoms with van der Waals surface area (Å²) >= 11 is 1.03. The van der Waals surface area contributed by atoms with E-state index < -0.39 is 15.1 Å². The van der Waals surface area contributed by atoms with Crippen LogP contribution in [0.4, 0.5) is 9.93 Å². The Morgan fingerprint density at radius 2 is 2.18 bits per heavy atom. The van der Waals surface area contributed by atoms with Gasteiger partial charge in [-0.05, 0) is 18.2 Å². The van der Waals surface area contributed by atoms with Crippen molar-refractivity contribution in [1.29, 1.82) is 0 Å². The van der Waals surface area contributed by atoms with E-state index in [1.54, 1.807) is 0 Å². The Morgan fingerprint density at radius 1 is 1.47 bits per heavy atom. The minimum Gasteiger partial charge on any atom is -0.465 e. The first-order valence-electron chi connectivity index (χ1n) is 4.21. The zero-order valence-electron chi connectivity index (χ0n) is 8.05. The fourth-order valence-corrected chi connectivity index (χ4v) is 2.95. The molecule has 90 valence electrons. The third-order valence-electron chi connectivity index (χ3n) is 1.86. The maximum atomic E-state index is 11.1. The number of rotatable bonds is 2. The molecule has 0 saturated carbocycles. The first kappa shape index (κ1) is 12.1. The fourth-order valence-electron chi connectivity index (χ4n) is 1.20. The van der Waals surface area contributed by atoms with Crippen LogP contribution >= 0.6 is 22.0 Å². The summed E-state index contributed by atoms with van der Waals surface area (Å²) in [5.41, 5.74) is 0.503. The predicted molar refractivity (Wildman–Crippen MR) is 64.3 cm³/mol. The van der Waals surface area contributed by atoms with Gasteiger partial charge in [0.15, 0.2) is 5.13 Å². The molecule has 0 atom stereocenters. The molecule has 17 heavy (non-hydrogen) atoms. The lowest BCUT2D eigenvalue weighted by Gasteiger charge is -1.93. The lowest BCUT2D eigenvalue weighted by atomic mass is 10.3. The van der Waals surface area contributed by atoms with Gasteiger partial charge in [0, 0.05) is 10.7 Å². The maximum absolute atomic E-state index is 11.1. The molecule has 0 unspecified atom stereocenters. The monoisotopic (exact) mass is 292 g/mol. The van der Waals surface area contributed by atoms with E-state index >= 15 is 0 Å². The number of hydrogen-bond donors (Lipinski definition) is 2. The highest BCUT2D eigenvalue weighted by Crippen LogP contribution is 2.29. The molecule has 2 aromatic rings. The van der Waals surface area contributed by atoms with Gasteiger partial charge in [-0.2, -0.15) is 0 Å². The zero-order chi connectivity index (χ0) is 12.6. The van der Waals surface area contributed by atoms with Crippen molar-refractivity contribution in [2.75, 3.05) is 5.32 Å². The molecule has 1 aromatic heterocycles. The Bertz CT molecular complexity index is 695. The SMILES string of the molecule is O=C(O)Nc1nc2ccc(S(=O)(=O)Cl)cc2s1. The Labute approximate surface area is 104 Å².